The number of hydrogen-bond acceptors (Lipinski definition) is 7. The van der Waals surface area contributed by atoms with Gasteiger partial charge < -0.3 is 10.0 Å². The number of aliphatic hydroxyl groups is 1. The fourth-order valence-electron chi connectivity index (χ4n) is 5.41. The molecule has 0 spiro atoms. The van der Waals surface area contributed by atoms with E-state index in [1.807, 2.05) is 13.0 Å². The van der Waals surface area contributed by atoms with Gasteiger partial charge in [0.15, 0.2) is 11.3 Å². The molecular formula is C25H30Cl3N7O. The van der Waals surface area contributed by atoms with Crippen molar-refractivity contribution in [1.29, 1.82) is 5.26 Å². The van der Waals surface area contributed by atoms with Crippen LogP contribution in [0.3, 0.4) is 0 Å². The molecule has 0 bridgehead atoms. The van der Waals surface area contributed by atoms with E-state index in [0.29, 0.717) is 33.2 Å². The van der Waals surface area contributed by atoms with Gasteiger partial charge in [-0.15, -0.1) is 12.4 Å². The molecule has 5 rings (SSSR count). The van der Waals surface area contributed by atoms with Crippen LogP contribution in [0.5, 0.6) is 0 Å². The molecule has 2 unspecified atom stereocenters. The van der Waals surface area contributed by atoms with Gasteiger partial charge in [0.2, 0.25) is 0 Å². The molecule has 4 heterocycles. The standard InChI is InChI=1S/C25H29Cl2N7O.ClH/c1-16(20-5-4-18(26)11-21(20)27)34-25-24(22(12-28)31-34)29-13-23(30-25)32-9-6-19(7-10-32)33-8-2-3-17(14-33)15-35;/h4-5,11,13,16-17,19,35H,2-3,6-10,14-15H2,1H3;1H. The van der Waals surface area contributed by atoms with Crippen LogP contribution in [0.25, 0.3) is 11.2 Å². The van der Waals surface area contributed by atoms with E-state index in [9.17, 15) is 10.4 Å². The van der Waals surface area contributed by atoms with Crippen LogP contribution >= 0.6 is 35.6 Å². The van der Waals surface area contributed by atoms with Gasteiger partial charge in [-0.3, -0.25) is 4.90 Å². The molecule has 2 fully saturated rings. The highest BCUT2D eigenvalue weighted by Crippen LogP contribution is 2.32. The molecule has 0 saturated carbocycles. The van der Waals surface area contributed by atoms with Crippen LogP contribution in [0.15, 0.2) is 24.4 Å². The van der Waals surface area contributed by atoms with Crippen molar-refractivity contribution in [3.8, 4) is 6.07 Å². The molecule has 2 aliphatic rings. The number of aromatic nitrogens is 4. The summed E-state index contributed by atoms with van der Waals surface area (Å²) in [6.45, 7) is 6.15. The predicted molar refractivity (Wildman–Crippen MR) is 144 cm³/mol. The minimum absolute atomic E-state index is 0. The van der Waals surface area contributed by atoms with Gasteiger partial charge in [-0.05, 0) is 62.8 Å². The highest BCUT2D eigenvalue weighted by atomic mass is 35.5. The number of anilines is 1. The minimum atomic E-state index is -0.252. The second-order valence-corrected chi connectivity index (χ2v) is 10.4. The highest BCUT2D eigenvalue weighted by Gasteiger charge is 2.30. The highest BCUT2D eigenvalue weighted by molar-refractivity contribution is 6.35. The summed E-state index contributed by atoms with van der Waals surface area (Å²) in [7, 11) is 0. The number of aliphatic hydroxyl groups excluding tert-OH is 1. The lowest BCUT2D eigenvalue weighted by atomic mass is 9.94. The van der Waals surface area contributed by atoms with Gasteiger partial charge in [-0.2, -0.15) is 10.4 Å². The van der Waals surface area contributed by atoms with E-state index in [1.54, 1.807) is 23.0 Å². The van der Waals surface area contributed by atoms with E-state index in [-0.39, 0.29) is 30.7 Å². The summed E-state index contributed by atoms with van der Waals surface area (Å²) in [5, 5.41) is 24.8. The van der Waals surface area contributed by atoms with E-state index in [1.165, 1.54) is 0 Å². The SMILES string of the molecule is CC(c1ccc(Cl)cc1Cl)n1nc(C#N)c2ncc(N3CCC(N4CCCC(CO)C4)CC3)nc21.Cl. The molecule has 0 radical (unpaired) electrons. The monoisotopic (exact) mass is 549 g/mol. The Bertz CT molecular complexity index is 1250. The quantitative estimate of drug-likeness (QED) is 0.492. The number of halogens is 3. The average Bonchev–Trinajstić information content (AvgIpc) is 3.26. The Morgan fingerprint density at radius 2 is 1.97 bits per heavy atom. The first-order valence-corrected chi connectivity index (χ1v) is 12.9. The van der Waals surface area contributed by atoms with Crippen molar-refractivity contribution in [1.82, 2.24) is 24.6 Å². The van der Waals surface area contributed by atoms with Crippen molar-refractivity contribution in [2.24, 2.45) is 5.92 Å². The van der Waals surface area contributed by atoms with Gasteiger partial charge in [0.1, 0.15) is 17.4 Å². The molecule has 2 atom stereocenters. The van der Waals surface area contributed by atoms with Gasteiger partial charge >= 0.3 is 0 Å². The van der Waals surface area contributed by atoms with Crippen LogP contribution in [0.4, 0.5) is 5.82 Å². The Morgan fingerprint density at radius 1 is 1.19 bits per heavy atom. The third-order valence-electron chi connectivity index (χ3n) is 7.39. The maximum Gasteiger partial charge on any atom is 0.190 e. The first-order valence-electron chi connectivity index (χ1n) is 12.2. The first kappa shape index (κ1) is 26.9. The summed E-state index contributed by atoms with van der Waals surface area (Å²) < 4.78 is 1.73. The molecule has 192 valence electrons. The normalized spacial score (nSPS) is 20.2. The van der Waals surface area contributed by atoms with Crippen molar-refractivity contribution < 1.29 is 5.11 Å². The zero-order chi connectivity index (χ0) is 24.5. The molecule has 0 aliphatic carbocycles. The van der Waals surface area contributed by atoms with Crippen molar-refractivity contribution >= 4 is 52.6 Å². The Hall–Kier alpha value is -2.15. The minimum Gasteiger partial charge on any atom is -0.396 e. The Morgan fingerprint density at radius 3 is 2.67 bits per heavy atom. The van der Waals surface area contributed by atoms with Crippen molar-refractivity contribution in [2.75, 3.05) is 37.7 Å². The molecule has 3 aromatic rings. The molecule has 1 N–H and O–H groups in total. The van der Waals surface area contributed by atoms with Crippen LogP contribution in [0, 0.1) is 17.2 Å². The second-order valence-electron chi connectivity index (χ2n) is 9.55. The molecule has 36 heavy (non-hydrogen) atoms. The Labute approximate surface area is 227 Å². The van der Waals surface area contributed by atoms with Gasteiger partial charge in [0.25, 0.3) is 0 Å². The van der Waals surface area contributed by atoms with Crippen molar-refractivity contribution in [2.45, 2.75) is 44.7 Å². The number of benzene rings is 1. The van der Waals surface area contributed by atoms with Gasteiger partial charge in [0, 0.05) is 42.3 Å². The number of piperidine rings is 2. The number of rotatable bonds is 5. The number of hydrogen-bond donors (Lipinski definition) is 1. The van der Waals surface area contributed by atoms with Gasteiger partial charge in [0.05, 0.1) is 12.2 Å². The zero-order valence-corrected chi connectivity index (χ0v) is 22.5. The second kappa shape index (κ2) is 11.5. The molecule has 11 heteroatoms. The van der Waals surface area contributed by atoms with Crippen LogP contribution in [-0.4, -0.2) is 68.6 Å². The van der Waals surface area contributed by atoms with Crippen molar-refractivity contribution in [3.63, 3.8) is 0 Å². The summed E-state index contributed by atoms with van der Waals surface area (Å²) in [6.07, 6.45) is 6.14. The van der Waals surface area contributed by atoms with Crippen LogP contribution < -0.4 is 4.90 Å². The summed E-state index contributed by atoms with van der Waals surface area (Å²) in [6, 6.07) is 7.81. The van der Waals surface area contributed by atoms with Crippen LogP contribution in [0.1, 0.15) is 49.9 Å². The summed E-state index contributed by atoms with van der Waals surface area (Å²) in [4.78, 5) is 14.3. The summed E-state index contributed by atoms with van der Waals surface area (Å²) in [5.74, 6) is 1.20. The third kappa shape index (κ3) is 5.27. The van der Waals surface area contributed by atoms with E-state index in [0.717, 1.165) is 63.2 Å². The fraction of sp³-hybridized carbons (Fsp3) is 0.520. The Kier molecular flexibility index (Phi) is 8.59. The Balaban J connectivity index is 0.00000304. The maximum atomic E-state index is 9.63. The lowest BCUT2D eigenvalue weighted by Gasteiger charge is -2.42. The largest absolute Gasteiger partial charge is 0.396 e. The average molecular weight is 551 g/mol. The fourth-order valence-corrected chi connectivity index (χ4v) is 5.97. The molecule has 1 aromatic carbocycles. The van der Waals surface area contributed by atoms with E-state index in [4.69, 9.17) is 28.2 Å². The molecule has 2 aliphatic heterocycles. The molecule has 2 saturated heterocycles. The smallest absolute Gasteiger partial charge is 0.190 e. The first-order chi connectivity index (χ1) is 17.0. The number of nitrogens with zero attached hydrogens (tertiary/aromatic N) is 7. The van der Waals surface area contributed by atoms with E-state index in [2.05, 4.69) is 26.0 Å². The number of fused-ring (bicyclic) bond motifs is 1. The van der Waals surface area contributed by atoms with Crippen molar-refractivity contribution in [3.05, 3.63) is 45.7 Å². The van der Waals surface area contributed by atoms with E-state index >= 15 is 0 Å². The maximum absolute atomic E-state index is 9.63. The topological polar surface area (TPSA) is 94.1 Å². The van der Waals surface area contributed by atoms with Crippen LogP contribution in [0.2, 0.25) is 10.0 Å². The predicted octanol–water partition coefficient (Wildman–Crippen LogP) is 4.71. The lowest BCUT2D eigenvalue weighted by Crippen LogP contribution is -2.49. The zero-order valence-electron chi connectivity index (χ0n) is 20.1. The number of likely N-dealkylation sites (tertiary alicyclic amines) is 1. The summed E-state index contributed by atoms with van der Waals surface area (Å²) in [5.41, 5.74) is 2.16. The van der Waals surface area contributed by atoms with Gasteiger partial charge in [-0.25, -0.2) is 14.6 Å². The molecule has 8 nitrogen and oxygen atoms in total. The third-order valence-corrected chi connectivity index (χ3v) is 7.95. The van der Waals surface area contributed by atoms with Crippen LogP contribution in [-0.2, 0) is 0 Å². The molecular weight excluding hydrogens is 521 g/mol. The molecule has 2 aromatic heterocycles. The van der Waals surface area contributed by atoms with Gasteiger partial charge in [-0.1, -0.05) is 29.3 Å². The number of nitriles is 1. The molecule has 0 amide bonds. The van der Waals surface area contributed by atoms with E-state index < -0.39 is 0 Å². The summed E-state index contributed by atoms with van der Waals surface area (Å²) >= 11 is 12.5. The lowest BCUT2D eigenvalue weighted by molar-refractivity contribution is 0.0777.